The van der Waals surface area contributed by atoms with Crippen molar-refractivity contribution in [2.24, 2.45) is 0 Å². The van der Waals surface area contributed by atoms with Crippen LogP contribution in [0.25, 0.3) is 0 Å². The predicted octanol–water partition coefficient (Wildman–Crippen LogP) is 3.20. The van der Waals surface area contributed by atoms with E-state index in [1.54, 1.807) is 0 Å². The highest BCUT2D eigenvalue weighted by Gasteiger charge is 2.15. The molecule has 4 heteroatoms. The smallest absolute Gasteiger partial charge is 0.246 e. The predicted molar refractivity (Wildman–Crippen MR) is 106 cm³/mol. The minimum Gasteiger partial charge on any atom is -0.356 e. The summed E-state index contributed by atoms with van der Waals surface area (Å²) in [4.78, 5) is 12.0. The van der Waals surface area contributed by atoms with Gasteiger partial charge in [-0.3, -0.25) is 4.79 Å². The van der Waals surface area contributed by atoms with Gasteiger partial charge in [0.25, 0.3) is 0 Å². The van der Waals surface area contributed by atoms with Gasteiger partial charge in [-0.2, -0.15) is 0 Å². The topological polar surface area (TPSA) is 50.4 Å². The zero-order valence-electron chi connectivity index (χ0n) is 16.4. The first kappa shape index (κ1) is 20.5. The zero-order chi connectivity index (χ0) is 18.8. The standard InChI is InChI=1S/C22H32N2O2/c1-22(2,23-3)15-18-11-13-19(14-12-18)16-24-21(25)17-26-20-9-7-5-4-6-8-10-20/h11-14,20,23H,4-7,9,15-17H2,1-3H3,(H,24,25). The summed E-state index contributed by atoms with van der Waals surface area (Å²) in [6, 6.07) is 8.40. The molecule has 0 bridgehead atoms. The molecule has 1 aliphatic rings. The van der Waals surface area contributed by atoms with Crippen molar-refractivity contribution in [3.05, 3.63) is 35.4 Å². The number of benzene rings is 1. The van der Waals surface area contributed by atoms with Crippen molar-refractivity contribution in [2.75, 3.05) is 13.7 Å². The Morgan fingerprint density at radius 1 is 1.19 bits per heavy atom. The molecule has 1 amide bonds. The Balaban J connectivity index is 1.73. The van der Waals surface area contributed by atoms with E-state index in [-0.39, 0.29) is 24.2 Å². The van der Waals surface area contributed by atoms with Crippen LogP contribution in [0, 0.1) is 11.8 Å². The van der Waals surface area contributed by atoms with Gasteiger partial charge in [0.05, 0.1) is 0 Å². The third kappa shape index (κ3) is 7.59. The number of hydrogen-bond donors (Lipinski definition) is 2. The SMILES string of the molecule is CNC(C)(C)Cc1ccc(CNC(=O)COC2C#CCCCCC2)cc1. The van der Waals surface area contributed by atoms with Crippen molar-refractivity contribution in [1.82, 2.24) is 10.6 Å². The molecule has 2 N–H and O–H groups in total. The number of nitrogens with one attached hydrogen (secondary N) is 2. The van der Waals surface area contributed by atoms with E-state index in [0.29, 0.717) is 6.54 Å². The molecule has 1 aliphatic carbocycles. The highest BCUT2D eigenvalue weighted by Crippen LogP contribution is 2.13. The highest BCUT2D eigenvalue weighted by molar-refractivity contribution is 5.77. The number of rotatable bonds is 8. The van der Waals surface area contributed by atoms with Gasteiger partial charge in [0.2, 0.25) is 5.91 Å². The first-order valence-corrected chi connectivity index (χ1v) is 9.62. The van der Waals surface area contributed by atoms with E-state index in [2.05, 4.69) is 60.6 Å². The average Bonchev–Trinajstić information content (AvgIpc) is 2.60. The molecule has 4 nitrogen and oxygen atoms in total. The van der Waals surface area contributed by atoms with Gasteiger partial charge in [-0.05, 0) is 57.7 Å². The van der Waals surface area contributed by atoms with Gasteiger partial charge in [0, 0.05) is 18.5 Å². The summed E-state index contributed by atoms with van der Waals surface area (Å²) in [7, 11) is 1.98. The second kappa shape index (κ2) is 10.4. The number of carbonyl (C=O) groups excluding carboxylic acids is 1. The van der Waals surface area contributed by atoms with E-state index in [1.807, 2.05) is 7.05 Å². The molecule has 0 aromatic heterocycles. The lowest BCUT2D eigenvalue weighted by Gasteiger charge is -2.24. The van der Waals surface area contributed by atoms with Crippen LogP contribution in [-0.4, -0.2) is 31.2 Å². The Morgan fingerprint density at radius 3 is 2.65 bits per heavy atom. The minimum atomic E-state index is -0.101. The van der Waals surface area contributed by atoms with Gasteiger partial charge >= 0.3 is 0 Å². The van der Waals surface area contributed by atoms with E-state index in [0.717, 1.165) is 31.2 Å². The zero-order valence-corrected chi connectivity index (χ0v) is 16.4. The third-order valence-corrected chi connectivity index (χ3v) is 4.78. The number of carbonyl (C=O) groups is 1. The monoisotopic (exact) mass is 356 g/mol. The summed E-state index contributed by atoms with van der Waals surface area (Å²) in [5.41, 5.74) is 2.45. The summed E-state index contributed by atoms with van der Waals surface area (Å²) in [6.45, 7) is 4.96. The molecule has 0 saturated heterocycles. The summed E-state index contributed by atoms with van der Waals surface area (Å²) < 4.78 is 5.66. The molecule has 1 aromatic rings. The maximum absolute atomic E-state index is 12.0. The van der Waals surface area contributed by atoms with Crippen LogP contribution < -0.4 is 10.6 Å². The van der Waals surface area contributed by atoms with Crippen LogP contribution in [0.2, 0.25) is 0 Å². The van der Waals surface area contributed by atoms with Gasteiger partial charge in [0.1, 0.15) is 12.7 Å². The fourth-order valence-corrected chi connectivity index (χ4v) is 2.90. The molecule has 2 rings (SSSR count). The molecule has 0 saturated carbocycles. The Kier molecular flexibility index (Phi) is 8.15. The maximum atomic E-state index is 12.0. The van der Waals surface area contributed by atoms with E-state index in [9.17, 15) is 4.79 Å². The van der Waals surface area contributed by atoms with Crippen molar-refractivity contribution in [3.63, 3.8) is 0 Å². The normalized spacial score (nSPS) is 17.6. The lowest BCUT2D eigenvalue weighted by atomic mass is 9.95. The molecule has 1 unspecified atom stereocenters. The molecule has 0 fully saturated rings. The lowest BCUT2D eigenvalue weighted by molar-refractivity contribution is -0.127. The van der Waals surface area contributed by atoms with E-state index < -0.39 is 0 Å². The second-order valence-electron chi connectivity index (χ2n) is 7.62. The Hall–Kier alpha value is -1.83. The molecule has 0 radical (unpaired) electrons. The van der Waals surface area contributed by atoms with Crippen LogP contribution in [0.3, 0.4) is 0 Å². The largest absolute Gasteiger partial charge is 0.356 e. The van der Waals surface area contributed by atoms with Crippen LogP contribution >= 0.6 is 0 Å². The molecule has 1 atom stereocenters. The fourth-order valence-electron chi connectivity index (χ4n) is 2.90. The number of likely N-dealkylation sites (N-methyl/N-ethyl adjacent to an activating group) is 1. The molecular weight excluding hydrogens is 324 g/mol. The average molecular weight is 357 g/mol. The molecule has 0 spiro atoms. The lowest BCUT2D eigenvalue weighted by Crippen LogP contribution is -2.38. The van der Waals surface area contributed by atoms with Gasteiger partial charge in [-0.15, -0.1) is 5.92 Å². The maximum Gasteiger partial charge on any atom is 0.246 e. The first-order valence-electron chi connectivity index (χ1n) is 9.62. The summed E-state index contributed by atoms with van der Waals surface area (Å²) >= 11 is 0. The quantitative estimate of drug-likeness (QED) is 0.703. The minimum absolute atomic E-state index is 0.0764. The van der Waals surface area contributed by atoms with E-state index in [1.165, 1.54) is 18.4 Å². The van der Waals surface area contributed by atoms with Gasteiger partial charge in [-0.25, -0.2) is 0 Å². The van der Waals surface area contributed by atoms with Gasteiger partial charge in [0.15, 0.2) is 0 Å². The fraction of sp³-hybridized carbons (Fsp3) is 0.591. The molecule has 26 heavy (non-hydrogen) atoms. The van der Waals surface area contributed by atoms with E-state index in [4.69, 9.17) is 4.74 Å². The van der Waals surface area contributed by atoms with Crippen LogP contribution in [0.15, 0.2) is 24.3 Å². The second-order valence-corrected chi connectivity index (χ2v) is 7.62. The molecule has 0 heterocycles. The van der Waals surface area contributed by atoms with Crippen LogP contribution in [-0.2, 0) is 22.5 Å². The van der Waals surface area contributed by atoms with Crippen molar-refractivity contribution in [2.45, 2.75) is 70.6 Å². The Morgan fingerprint density at radius 2 is 1.92 bits per heavy atom. The van der Waals surface area contributed by atoms with Crippen LogP contribution in [0.4, 0.5) is 0 Å². The molecule has 0 aliphatic heterocycles. The number of ether oxygens (including phenoxy) is 1. The Bertz CT molecular complexity index is 626. The molecule has 142 valence electrons. The number of amides is 1. The van der Waals surface area contributed by atoms with Crippen molar-refractivity contribution < 1.29 is 9.53 Å². The molecule has 1 aromatic carbocycles. The molecular formula is C22H32N2O2. The summed E-state index contributed by atoms with van der Waals surface area (Å²) in [5.74, 6) is 6.17. The van der Waals surface area contributed by atoms with Gasteiger partial charge < -0.3 is 15.4 Å². The van der Waals surface area contributed by atoms with Crippen LogP contribution in [0.5, 0.6) is 0 Å². The number of hydrogen-bond acceptors (Lipinski definition) is 3. The van der Waals surface area contributed by atoms with Crippen molar-refractivity contribution >= 4 is 5.91 Å². The Labute approximate surface area is 158 Å². The van der Waals surface area contributed by atoms with Crippen molar-refractivity contribution in [1.29, 1.82) is 0 Å². The summed E-state index contributed by atoms with van der Waals surface area (Å²) in [5, 5.41) is 6.23. The summed E-state index contributed by atoms with van der Waals surface area (Å²) in [6.07, 6.45) is 6.21. The van der Waals surface area contributed by atoms with Crippen molar-refractivity contribution in [3.8, 4) is 11.8 Å². The first-order chi connectivity index (χ1) is 12.5. The van der Waals surface area contributed by atoms with Gasteiger partial charge in [-0.1, -0.05) is 36.6 Å². The highest BCUT2D eigenvalue weighted by atomic mass is 16.5. The van der Waals surface area contributed by atoms with E-state index >= 15 is 0 Å². The van der Waals surface area contributed by atoms with Crippen LogP contribution in [0.1, 0.15) is 57.1 Å². The third-order valence-electron chi connectivity index (χ3n) is 4.78.